The Kier molecular flexibility index (Phi) is 2.27. The summed E-state index contributed by atoms with van der Waals surface area (Å²) in [5.41, 5.74) is 0. The van der Waals surface area contributed by atoms with Gasteiger partial charge in [0.2, 0.25) is 0 Å². The predicted molar refractivity (Wildman–Crippen MR) is 48.6 cm³/mol. The predicted octanol–water partition coefficient (Wildman–Crippen LogP) is 1.23. The molecule has 1 saturated heterocycles. The molecule has 1 aliphatic heterocycles. The normalized spacial score (nSPS) is 35.6. The lowest BCUT2D eigenvalue weighted by Gasteiger charge is -2.16. The molecule has 1 aliphatic carbocycles. The minimum Gasteiger partial charge on any atom is -0.460 e. The number of rotatable bonds is 2. The lowest BCUT2D eigenvalue weighted by Crippen LogP contribution is -2.32. The second-order valence-electron chi connectivity index (χ2n) is 4.40. The maximum atomic E-state index is 11.6. The van der Waals surface area contributed by atoms with Gasteiger partial charge in [0.25, 0.3) is 0 Å². The molecule has 2 rings (SSSR count). The minimum absolute atomic E-state index is 0.127. The molecular formula is C10H16O4. The Labute approximate surface area is 83.5 Å². The van der Waals surface area contributed by atoms with Gasteiger partial charge in [0, 0.05) is 0 Å². The lowest BCUT2D eigenvalue weighted by molar-refractivity contribution is -0.171. The fourth-order valence-electron chi connectivity index (χ4n) is 1.60. The van der Waals surface area contributed by atoms with E-state index in [0.717, 1.165) is 12.8 Å². The van der Waals surface area contributed by atoms with Gasteiger partial charge in [-0.15, -0.1) is 0 Å². The van der Waals surface area contributed by atoms with E-state index in [4.69, 9.17) is 14.2 Å². The Bertz CT molecular complexity index is 245. The van der Waals surface area contributed by atoms with Crippen LogP contribution in [0.4, 0.5) is 0 Å². The summed E-state index contributed by atoms with van der Waals surface area (Å²) in [6.07, 6.45) is 1.30. The third-order valence-electron chi connectivity index (χ3n) is 2.35. The summed E-state index contributed by atoms with van der Waals surface area (Å²) < 4.78 is 16.1. The van der Waals surface area contributed by atoms with Gasteiger partial charge in [-0.3, -0.25) is 0 Å². The van der Waals surface area contributed by atoms with Crippen molar-refractivity contribution in [2.45, 2.75) is 57.7 Å². The highest BCUT2D eigenvalue weighted by Crippen LogP contribution is 2.31. The SMILES string of the molecule is C[C@@H]1OC(C)(C)O[C@H]1C(=O)OC1CC1. The first kappa shape index (κ1) is 9.93. The minimum atomic E-state index is -0.674. The molecule has 4 nitrogen and oxygen atoms in total. The van der Waals surface area contributed by atoms with Crippen LogP contribution in [0.15, 0.2) is 0 Å². The molecule has 0 spiro atoms. The molecule has 0 radical (unpaired) electrons. The van der Waals surface area contributed by atoms with Crippen LogP contribution < -0.4 is 0 Å². The molecule has 0 aromatic rings. The molecule has 14 heavy (non-hydrogen) atoms. The van der Waals surface area contributed by atoms with E-state index in [9.17, 15) is 4.79 Å². The van der Waals surface area contributed by atoms with Crippen molar-refractivity contribution in [1.82, 2.24) is 0 Å². The molecule has 0 aromatic heterocycles. The average molecular weight is 200 g/mol. The summed E-state index contributed by atoms with van der Waals surface area (Å²) in [5, 5.41) is 0. The number of esters is 1. The third kappa shape index (κ3) is 2.07. The lowest BCUT2D eigenvalue weighted by atomic mass is 10.2. The second kappa shape index (κ2) is 3.21. The Balaban J connectivity index is 1.93. The van der Waals surface area contributed by atoms with E-state index >= 15 is 0 Å². The van der Waals surface area contributed by atoms with Crippen molar-refractivity contribution < 1.29 is 19.0 Å². The molecule has 0 amide bonds. The largest absolute Gasteiger partial charge is 0.460 e. The number of carbonyl (C=O) groups is 1. The highest BCUT2D eigenvalue weighted by atomic mass is 16.8. The zero-order chi connectivity index (χ0) is 10.3. The molecule has 0 bridgehead atoms. The fourth-order valence-corrected chi connectivity index (χ4v) is 1.60. The molecule has 2 aliphatic rings. The zero-order valence-electron chi connectivity index (χ0n) is 8.78. The van der Waals surface area contributed by atoms with Crippen LogP contribution in [-0.4, -0.2) is 30.1 Å². The molecule has 1 saturated carbocycles. The Morgan fingerprint density at radius 2 is 2.00 bits per heavy atom. The average Bonchev–Trinajstić information content (AvgIpc) is 2.78. The van der Waals surface area contributed by atoms with Gasteiger partial charge in [0.1, 0.15) is 6.10 Å². The van der Waals surface area contributed by atoms with Crippen LogP contribution >= 0.6 is 0 Å². The highest BCUT2D eigenvalue weighted by molar-refractivity contribution is 5.76. The molecule has 1 heterocycles. The van der Waals surface area contributed by atoms with Gasteiger partial charge in [0.05, 0.1) is 6.10 Å². The molecule has 2 fully saturated rings. The van der Waals surface area contributed by atoms with Crippen LogP contribution in [0, 0.1) is 0 Å². The van der Waals surface area contributed by atoms with Gasteiger partial charge in [-0.05, 0) is 33.6 Å². The van der Waals surface area contributed by atoms with Crippen molar-refractivity contribution in [1.29, 1.82) is 0 Å². The van der Waals surface area contributed by atoms with Crippen LogP contribution in [0.5, 0.6) is 0 Å². The van der Waals surface area contributed by atoms with Gasteiger partial charge in [-0.25, -0.2) is 4.79 Å². The Morgan fingerprint density at radius 1 is 1.36 bits per heavy atom. The van der Waals surface area contributed by atoms with Crippen molar-refractivity contribution in [2.24, 2.45) is 0 Å². The third-order valence-corrected chi connectivity index (χ3v) is 2.35. The van der Waals surface area contributed by atoms with Crippen LogP contribution in [0.1, 0.15) is 33.6 Å². The first-order valence-corrected chi connectivity index (χ1v) is 5.04. The van der Waals surface area contributed by atoms with E-state index in [1.807, 2.05) is 6.92 Å². The molecule has 0 unspecified atom stereocenters. The summed E-state index contributed by atoms with van der Waals surface area (Å²) in [4.78, 5) is 11.6. The smallest absolute Gasteiger partial charge is 0.338 e. The van der Waals surface area contributed by atoms with E-state index in [2.05, 4.69) is 0 Å². The summed E-state index contributed by atoms with van der Waals surface area (Å²) in [6, 6.07) is 0. The van der Waals surface area contributed by atoms with Crippen molar-refractivity contribution >= 4 is 5.97 Å². The van der Waals surface area contributed by atoms with Crippen molar-refractivity contribution in [3.63, 3.8) is 0 Å². The topological polar surface area (TPSA) is 44.8 Å². The van der Waals surface area contributed by atoms with Gasteiger partial charge in [0.15, 0.2) is 11.9 Å². The quantitative estimate of drug-likeness (QED) is 0.629. The van der Waals surface area contributed by atoms with Crippen LogP contribution in [0.2, 0.25) is 0 Å². The van der Waals surface area contributed by atoms with Crippen molar-refractivity contribution in [3.05, 3.63) is 0 Å². The van der Waals surface area contributed by atoms with Gasteiger partial charge in [-0.2, -0.15) is 0 Å². The van der Waals surface area contributed by atoms with E-state index in [1.165, 1.54) is 0 Å². The van der Waals surface area contributed by atoms with E-state index in [1.54, 1.807) is 13.8 Å². The molecule has 2 atom stereocenters. The van der Waals surface area contributed by atoms with Crippen molar-refractivity contribution in [2.75, 3.05) is 0 Å². The van der Waals surface area contributed by atoms with Crippen LogP contribution in [-0.2, 0) is 19.0 Å². The molecular weight excluding hydrogens is 184 g/mol. The van der Waals surface area contributed by atoms with Crippen LogP contribution in [0.3, 0.4) is 0 Å². The van der Waals surface area contributed by atoms with Crippen molar-refractivity contribution in [3.8, 4) is 0 Å². The molecule has 4 heteroatoms. The Hall–Kier alpha value is -0.610. The molecule has 0 N–H and O–H groups in total. The molecule has 80 valence electrons. The second-order valence-corrected chi connectivity index (χ2v) is 4.40. The van der Waals surface area contributed by atoms with Gasteiger partial charge in [-0.1, -0.05) is 0 Å². The van der Waals surface area contributed by atoms with Gasteiger partial charge >= 0.3 is 5.97 Å². The summed E-state index contributed by atoms with van der Waals surface area (Å²) >= 11 is 0. The molecule has 0 aromatic carbocycles. The van der Waals surface area contributed by atoms with E-state index < -0.39 is 11.9 Å². The highest BCUT2D eigenvalue weighted by Gasteiger charge is 2.45. The standard InChI is InChI=1S/C10H16O4/c1-6-8(14-10(2,3)13-6)9(11)12-7-4-5-7/h6-8H,4-5H2,1-3H3/t6-,8+/m0/s1. The monoisotopic (exact) mass is 200 g/mol. The van der Waals surface area contributed by atoms with E-state index in [0.29, 0.717) is 0 Å². The summed E-state index contributed by atoms with van der Waals surface area (Å²) in [5.74, 6) is -0.960. The fraction of sp³-hybridized carbons (Fsp3) is 0.900. The number of carbonyl (C=O) groups excluding carboxylic acids is 1. The maximum absolute atomic E-state index is 11.6. The summed E-state index contributed by atoms with van der Waals surface area (Å²) in [6.45, 7) is 5.43. The van der Waals surface area contributed by atoms with Crippen LogP contribution in [0.25, 0.3) is 0 Å². The number of ether oxygens (including phenoxy) is 3. The number of hydrogen-bond donors (Lipinski definition) is 0. The summed E-state index contributed by atoms with van der Waals surface area (Å²) in [7, 11) is 0. The first-order chi connectivity index (χ1) is 6.48. The zero-order valence-corrected chi connectivity index (χ0v) is 8.78. The van der Waals surface area contributed by atoms with E-state index in [-0.39, 0.29) is 18.2 Å². The maximum Gasteiger partial charge on any atom is 0.338 e. The van der Waals surface area contributed by atoms with Gasteiger partial charge < -0.3 is 14.2 Å². The first-order valence-electron chi connectivity index (χ1n) is 5.04. The Morgan fingerprint density at radius 3 is 2.43 bits per heavy atom. The number of hydrogen-bond acceptors (Lipinski definition) is 4.